The molecule has 2 unspecified atom stereocenters. The minimum absolute atomic E-state index is 0.182. The van der Waals surface area contributed by atoms with Gasteiger partial charge in [-0.3, -0.25) is 4.79 Å². The van der Waals surface area contributed by atoms with Crippen LogP contribution in [-0.4, -0.2) is 49.5 Å². The number of ether oxygens (including phenoxy) is 3. The third-order valence-corrected chi connectivity index (χ3v) is 5.24. The van der Waals surface area contributed by atoms with Gasteiger partial charge in [-0.25, -0.2) is 4.79 Å². The SMILES string of the molecule is COc1cc(C(=O)NC(C(=O)O)C2CCCOC2)ccc1OC1CCCC1. The Morgan fingerprint density at radius 2 is 1.96 bits per heavy atom. The summed E-state index contributed by atoms with van der Waals surface area (Å²) < 4.78 is 16.7. The minimum atomic E-state index is -1.05. The van der Waals surface area contributed by atoms with Crippen LogP contribution in [-0.2, 0) is 9.53 Å². The standard InChI is InChI=1S/C20H27NO6/c1-25-17-11-13(8-9-16(17)27-15-6-2-3-7-15)19(22)21-18(20(23)24)14-5-4-10-26-12-14/h8-9,11,14-15,18H,2-7,10,12H2,1H3,(H,21,22)(H,23,24). The number of methoxy groups -OCH3 is 1. The average Bonchev–Trinajstić information content (AvgIpc) is 3.19. The maximum atomic E-state index is 12.6. The number of carbonyl (C=O) groups is 2. The quantitative estimate of drug-likeness (QED) is 0.759. The summed E-state index contributed by atoms with van der Waals surface area (Å²) in [6, 6.07) is 3.97. The second-order valence-electron chi connectivity index (χ2n) is 7.16. The summed E-state index contributed by atoms with van der Waals surface area (Å²) in [7, 11) is 1.53. The summed E-state index contributed by atoms with van der Waals surface area (Å²) >= 11 is 0. The first-order valence-corrected chi connectivity index (χ1v) is 9.54. The molecule has 2 fully saturated rings. The topological polar surface area (TPSA) is 94.1 Å². The van der Waals surface area contributed by atoms with Crippen LogP contribution in [0.4, 0.5) is 0 Å². The summed E-state index contributed by atoms with van der Waals surface area (Å²) in [5.74, 6) is -0.642. The van der Waals surface area contributed by atoms with Crippen molar-refractivity contribution in [1.29, 1.82) is 0 Å². The van der Waals surface area contributed by atoms with E-state index < -0.39 is 17.9 Å². The van der Waals surface area contributed by atoms with Crippen LogP contribution in [0.2, 0.25) is 0 Å². The molecule has 1 aliphatic heterocycles. The van der Waals surface area contributed by atoms with E-state index in [1.54, 1.807) is 18.2 Å². The van der Waals surface area contributed by atoms with E-state index in [1.165, 1.54) is 7.11 Å². The highest BCUT2D eigenvalue weighted by Gasteiger charge is 2.31. The third-order valence-electron chi connectivity index (χ3n) is 5.24. The molecule has 1 saturated carbocycles. The number of aliphatic carboxylic acids is 1. The number of hydrogen-bond donors (Lipinski definition) is 2. The van der Waals surface area contributed by atoms with Gasteiger partial charge in [-0.05, 0) is 56.7 Å². The van der Waals surface area contributed by atoms with E-state index in [9.17, 15) is 14.7 Å². The van der Waals surface area contributed by atoms with Gasteiger partial charge in [-0.15, -0.1) is 0 Å². The molecule has 1 amide bonds. The zero-order valence-electron chi connectivity index (χ0n) is 15.6. The van der Waals surface area contributed by atoms with Crippen molar-refractivity contribution >= 4 is 11.9 Å². The molecule has 148 valence electrons. The molecule has 27 heavy (non-hydrogen) atoms. The summed E-state index contributed by atoms with van der Waals surface area (Å²) in [6.45, 7) is 0.977. The van der Waals surface area contributed by atoms with Gasteiger partial charge in [-0.2, -0.15) is 0 Å². The summed E-state index contributed by atoms with van der Waals surface area (Å²) in [5.41, 5.74) is 0.341. The molecule has 1 aromatic rings. The van der Waals surface area contributed by atoms with Crippen LogP contribution >= 0.6 is 0 Å². The molecule has 0 spiro atoms. The Morgan fingerprint density at radius 1 is 1.19 bits per heavy atom. The van der Waals surface area contributed by atoms with E-state index in [-0.39, 0.29) is 12.0 Å². The van der Waals surface area contributed by atoms with Crippen molar-refractivity contribution in [3.8, 4) is 11.5 Å². The molecule has 2 aliphatic rings. The fourth-order valence-electron chi connectivity index (χ4n) is 3.73. The maximum absolute atomic E-state index is 12.6. The summed E-state index contributed by atoms with van der Waals surface area (Å²) in [5, 5.41) is 12.1. The normalized spacial score (nSPS) is 21.4. The van der Waals surface area contributed by atoms with E-state index in [4.69, 9.17) is 14.2 Å². The average molecular weight is 377 g/mol. The zero-order valence-corrected chi connectivity index (χ0v) is 15.6. The number of nitrogens with one attached hydrogen (secondary N) is 1. The Kier molecular flexibility index (Phi) is 6.55. The molecule has 0 bridgehead atoms. The highest BCUT2D eigenvalue weighted by Crippen LogP contribution is 2.32. The maximum Gasteiger partial charge on any atom is 0.326 e. The van der Waals surface area contributed by atoms with Gasteiger partial charge in [0.15, 0.2) is 11.5 Å². The number of hydrogen-bond acceptors (Lipinski definition) is 5. The highest BCUT2D eigenvalue weighted by molar-refractivity contribution is 5.97. The van der Waals surface area contributed by atoms with Crippen molar-refractivity contribution in [3.05, 3.63) is 23.8 Å². The van der Waals surface area contributed by atoms with Gasteiger partial charge < -0.3 is 24.6 Å². The number of carbonyl (C=O) groups excluding carboxylic acids is 1. The van der Waals surface area contributed by atoms with Crippen LogP contribution < -0.4 is 14.8 Å². The van der Waals surface area contributed by atoms with Gasteiger partial charge >= 0.3 is 5.97 Å². The van der Waals surface area contributed by atoms with Crippen LogP contribution in [0.5, 0.6) is 11.5 Å². The zero-order chi connectivity index (χ0) is 19.2. The Hall–Kier alpha value is -2.28. The highest BCUT2D eigenvalue weighted by atomic mass is 16.5. The van der Waals surface area contributed by atoms with Crippen molar-refractivity contribution in [2.45, 2.75) is 50.7 Å². The van der Waals surface area contributed by atoms with Crippen molar-refractivity contribution in [2.24, 2.45) is 5.92 Å². The first-order chi connectivity index (χ1) is 13.1. The van der Waals surface area contributed by atoms with E-state index in [2.05, 4.69) is 5.32 Å². The van der Waals surface area contributed by atoms with Gasteiger partial charge in [0.2, 0.25) is 0 Å². The molecule has 1 aliphatic carbocycles. The van der Waals surface area contributed by atoms with E-state index in [0.29, 0.717) is 36.7 Å². The predicted molar refractivity (Wildman–Crippen MR) is 98.3 cm³/mol. The monoisotopic (exact) mass is 377 g/mol. The molecule has 0 aromatic heterocycles. The Bertz CT molecular complexity index is 664. The molecule has 7 heteroatoms. The third kappa shape index (κ3) is 4.91. The van der Waals surface area contributed by atoms with Crippen molar-refractivity contribution in [2.75, 3.05) is 20.3 Å². The van der Waals surface area contributed by atoms with Crippen LogP contribution in [0, 0.1) is 5.92 Å². The molecule has 2 N–H and O–H groups in total. The number of amides is 1. The molecular formula is C20H27NO6. The van der Waals surface area contributed by atoms with E-state index in [0.717, 1.165) is 32.1 Å². The Labute approximate surface area is 159 Å². The Balaban J connectivity index is 1.70. The molecule has 1 aromatic carbocycles. The Morgan fingerprint density at radius 3 is 2.59 bits per heavy atom. The molecule has 3 rings (SSSR count). The number of benzene rings is 1. The lowest BCUT2D eigenvalue weighted by molar-refractivity contribution is -0.142. The lowest BCUT2D eigenvalue weighted by Crippen LogP contribution is -2.48. The lowest BCUT2D eigenvalue weighted by Gasteiger charge is -2.28. The fourth-order valence-corrected chi connectivity index (χ4v) is 3.73. The van der Waals surface area contributed by atoms with Gasteiger partial charge in [0, 0.05) is 18.1 Å². The van der Waals surface area contributed by atoms with Gasteiger partial charge in [0.05, 0.1) is 19.8 Å². The second kappa shape index (κ2) is 9.08. The van der Waals surface area contributed by atoms with Crippen LogP contribution in [0.3, 0.4) is 0 Å². The summed E-state index contributed by atoms with van der Waals surface area (Å²) in [6.07, 6.45) is 6.06. The molecule has 2 atom stereocenters. The molecule has 0 radical (unpaired) electrons. The number of carboxylic acid groups (broad SMARTS) is 1. The van der Waals surface area contributed by atoms with E-state index in [1.807, 2.05) is 0 Å². The van der Waals surface area contributed by atoms with Crippen molar-refractivity contribution in [1.82, 2.24) is 5.32 Å². The molecule has 1 saturated heterocycles. The molecular weight excluding hydrogens is 350 g/mol. The lowest BCUT2D eigenvalue weighted by atomic mass is 9.93. The first kappa shape index (κ1) is 19.5. The molecule has 7 nitrogen and oxygen atoms in total. The van der Waals surface area contributed by atoms with Crippen molar-refractivity contribution in [3.63, 3.8) is 0 Å². The van der Waals surface area contributed by atoms with Crippen LogP contribution in [0.15, 0.2) is 18.2 Å². The van der Waals surface area contributed by atoms with Gasteiger partial charge in [0.25, 0.3) is 5.91 Å². The van der Waals surface area contributed by atoms with Crippen molar-refractivity contribution < 1.29 is 28.9 Å². The van der Waals surface area contributed by atoms with E-state index >= 15 is 0 Å². The smallest absolute Gasteiger partial charge is 0.326 e. The predicted octanol–water partition coefficient (Wildman–Crippen LogP) is 2.63. The minimum Gasteiger partial charge on any atom is -0.493 e. The number of rotatable bonds is 7. The largest absolute Gasteiger partial charge is 0.493 e. The van der Waals surface area contributed by atoms with Gasteiger partial charge in [-0.1, -0.05) is 0 Å². The van der Waals surface area contributed by atoms with Gasteiger partial charge in [0.1, 0.15) is 6.04 Å². The molecule has 1 heterocycles. The number of carboxylic acids is 1. The fraction of sp³-hybridized carbons (Fsp3) is 0.600. The van der Waals surface area contributed by atoms with Crippen LogP contribution in [0.1, 0.15) is 48.9 Å². The second-order valence-corrected chi connectivity index (χ2v) is 7.16. The summed E-state index contributed by atoms with van der Waals surface area (Å²) in [4.78, 5) is 24.2. The first-order valence-electron chi connectivity index (χ1n) is 9.54. The van der Waals surface area contributed by atoms with Crippen LogP contribution in [0.25, 0.3) is 0 Å².